The van der Waals surface area contributed by atoms with Crippen molar-refractivity contribution >= 4 is 35.1 Å². The Bertz CT molecular complexity index is 675. The van der Waals surface area contributed by atoms with Crippen LogP contribution in [0.25, 0.3) is 0 Å². The van der Waals surface area contributed by atoms with Gasteiger partial charge in [0.2, 0.25) is 0 Å². The van der Waals surface area contributed by atoms with Gasteiger partial charge in [0.25, 0.3) is 0 Å². The first kappa shape index (κ1) is 16.5. The number of hydrazone groups is 1. The van der Waals surface area contributed by atoms with Crippen molar-refractivity contribution in [2.75, 3.05) is 19.1 Å². The third-order valence-electron chi connectivity index (χ3n) is 2.81. The van der Waals surface area contributed by atoms with Crippen LogP contribution >= 0.6 is 23.2 Å². The minimum absolute atomic E-state index is 0.477. The highest BCUT2D eigenvalue weighted by Gasteiger charge is 2.04. The molecule has 0 saturated carbocycles. The van der Waals surface area contributed by atoms with E-state index in [2.05, 4.69) is 10.5 Å². The van der Waals surface area contributed by atoms with Crippen molar-refractivity contribution in [1.29, 1.82) is 0 Å². The Morgan fingerprint density at radius 2 is 1.91 bits per heavy atom. The summed E-state index contributed by atoms with van der Waals surface area (Å²) >= 11 is 11.8. The number of halogens is 2. The van der Waals surface area contributed by atoms with Crippen molar-refractivity contribution in [1.82, 2.24) is 0 Å². The zero-order chi connectivity index (χ0) is 15.9. The van der Waals surface area contributed by atoms with Gasteiger partial charge in [-0.2, -0.15) is 5.10 Å². The molecule has 1 N–H and O–H groups in total. The van der Waals surface area contributed by atoms with Gasteiger partial charge in [-0.3, -0.25) is 5.43 Å². The maximum atomic E-state index is 5.94. The molecule has 0 aliphatic rings. The number of ether oxygens (including phenoxy) is 2. The first-order valence-electron chi connectivity index (χ1n) is 6.69. The summed E-state index contributed by atoms with van der Waals surface area (Å²) in [6.07, 6.45) is 1.68. The fourth-order valence-electron chi connectivity index (χ4n) is 1.79. The zero-order valence-electron chi connectivity index (χ0n) is 12.3. The van der Waals surface area contributed by atoms with Gasteiger partial charge in [-0.25, -0.2) is 0 Å². The lowest BCUT2D eigenvalue weighted by Crippen LogP contribution is -1.97. The molecule has 0 bridgehead atoms. The SMILES string of the molecule is CCOc1cc(C=NNc2ccc(Cl)c(Cl)c2)ccc1OC. The van der Waals surface area contributed by atoms with E-state index < -0.39 is 0 Å². The van der Waals surface area contributed by atoms with Crippen LogP contribution < -0.4 is 14.9 Å². The Hall–Kier alpha value is -1.91. The molecule has 0 fully saturated rings. The molecule has 0 heterocycles. The predicted octanol–water partition coefficient (Wildman–Crippen LogP) is 4.85. The number of nitrogens with one attached hydrogen (secondary N) is 1. The summed E-state index contributed by atoms with van der Waals surface area (Å²) in [7, 11) is 1.61. The van der Waals surface area contributed by atoms with Gasteiger partial charge < -0.3 is 9.47 Å². The number of benzene rings is 2. The summed E-state index contributed by atoms with van der Waals surface area (Å²) in [5, 5.41) is 5.15. The van der Waals surface area contributed by atoms with Gasteiger partial charge in [-0.05, 0) is 48.9 Å². The maximum absolute atomic E-state index is 5.94. The molecular weight excluding hydrogens is 323 g/mol. The highest BCUT2D eigenvalue weighted by atomic mass is 35.5. The number of nitrogens with zero attached hydrogens (tertiary/aromatic N) is 1. The predicted molar refractivity (Wildman–Crippen MR) is 91.8 cm³/mol. The molecule has 0 aromatic heterocycles. The maximum Gasteiger partial charge on any atom is 0.161 e. The van der Waals surface area contributed by atoms with Crippen molar-refractivity contribution in [3.05, 3.63) is 52.0 Å². The second-order valence-electron chi connectivity index (χ2n) is 4.34. The molecule has 4 nitrogen and oxygen atoms in total. The lowest BCUT2D eigenvalue weighted by Gasteiger charge is -2.09. The number of hydrogen-bond donors (Lipinski definition) is 1. The minimum atomic E-state index is 0.477. The molecule has 0 radical (unpaired) electrons. The third kappa shape index (κ3) is 4.29. The fourth-order valence-corrected chi connectivity index (χ4v) is 2.09. The number of methoxy groups -OCH3 is 1. The van der Waals surface area contributed by atoms with E-state index in [9.17, 15) is 0 Å². The van der Waals surface area contributed by atoms with E-state index in [4.69, 9.17) is 32.7 Å². The molecule has 116 valence electrons. The molecule has 0 spiro atoms. The van der Waals surface area contributed by atoms with Crippen LogP contribution in [0, 0.1) is 0 Å². The summed E-state index contributed by atoms with van der Waals surface area (Å²) in [5.74, 6) is 1.37. The van der Waals surface area contributed by atoms with E-state index >= 15 is 0 Å². The first-order valence-corrected chi connectivity index (χ1v) is 7.44. The minimum Gasteiger partial charge on any atom is -0.493 e. The van der Waals surface area contributed by atoms with E-state index in [1.807, 2.05) is 25.1 Å². The molecule has 2 rings (SSSR count). The Kier molecular flexibility index (Phi) is 5.92. The lowest BCUT2D eigenvalue weighted by molar-refractivity contribution is 0.311. The normalized spacial score (nSPS) is 10.7. The van der Waals surface area contributed by atoms with Gasteiger partial charge in [0.15, 0.2) is 11.5 Å². The molecule has 0 amide bonds. The van der Waals surface area contributed by atoms with Gasteiger partial charge in [-0.1, -0.05) is 23.2 Å². The van der Waals surface area contributed by atoms with Crippen LogP contribution in [-0.2, 0) is 0 Å². The molecule has 0 aliphatic heterocycles. The number of rotatable bonds is 6. The van der Waals surface area contributed by atoms with Crippen LogP contribution in [0.15, 0.2) is 41.5 Å². The molecule has 0 unspecified atom stereocenters. The van der Waals surface area contributed by atoms with Crippen LogP contribution in [0.1, 0.15) is 12.5 Å². The van der Waals surface area contributed by atoms with Crippen LogP contribution in [0.4, 0.5) is 5.69 Å². The van der Waals surface area contributed by atoms with E-state index in [1.54, 1.807) is 31.5 Å². The average Bonchev–Trinajstić information content (AvgIpc) is 2.51. The lowest BCUT2D eigenvalue weighted by atomic mass is 10.2. The van der Waals surface area contributed by atoms with Gasteiger partial charge in [0.05, 0.1) is 35.7 Å². The largest absolute Gasteiger partial charge is 0.493 e. The van der Waals surface area contributed by atoms with Crippen molar-refractivity contribution in [3.63, 3.8) is 0 Å². The second-order valence-corrected chi connectivity index (χ2v) is 5.16. The summed E-state index contributed by atoms with van der Waals surface area (Å²) < 4.78 is 10.8. The van der Waals surface area contributed by atoms with E-state index in [1.165, 1.54) is 0 Å². The summed E-state index contributed by atoms with van der Waals surface area (Å²) in [6.45, 7) is 2.49. The van der Waals surface area contributed by atoms with Gasteiger partial charge >= 0.3 is 0 Å². The molecule has 6 heteroatoms. The Labute approximate surface area is 139 Å². The monoisotopic (exact) mass is 338 g/mol. The number of anilines is 1. The van der Waals surface area contributed by atoms with Crippen LogP contribution in [-0.4, -0.2) is 19.9 Å². The molecular formula is C16H16Cl2N2O2. The van der Waals surface area contributed by atoms with E-state index in [-0.39, 0.29) is 0 Å². The topological polar surface area (TPSA) is 42.8 Å². The highest BCUT2D eigenvalue weighted by molar-refractivity contribution is 6.42. The third-order valence-corrected chi connectivity index (χ3v) is 3.55. The summed E-state index contributed by atoms with van der Waals surface area (Å²) in [6, 6.07) is 10.8. The highest BCUT2D eigenvalue weighted by Crippen LogP contribution is 2.27. The van der Waals surface area contributed by atoms with Crippen molar-refractivity contribution in [3.8, 4) is 11.5 Å². The number of hydrogen-bond acceptors (Lipinski definition) is 4. The zero-order valence-corrected chi connectivity index (χ0v) is 13.8. The molecule has 22 heavy (non-hydrogen) atoms. The van der Waals surface area contributed by atoms with Crippen molar-refractivity contribution in [2.45, 2.75) is 6.92 Å². The smallest absolute Gasteiger partial charge is 0.161 e. The van der Waals surface area contributed by atoms with E-state index in [0.717, 1.165) is 11.3 Å². The Balaban J connectivity index is 2.09. The van der Waals surface area contributed by atoms with Crippen LogP contribution in [0.2, 0.25) is 10.0 Å². The standard InChI is InChI=1S/C16H16Cl2N2O2/c1-3-22-16-8-11(4-7-15(16)21-2)10-19-20-12-5-6-13(17)14(18)9-12/h4-10,20H,3H2,1-2H3. The molecule has 0 aliphatic carbocycles. The Morgan fingerprint density at radius 1 is 1.09 bits per heavy atom. The van der Waals surface area contributed by atoms with Crippen LogP contribution in [0.5, 0.6) is 11.5 Å². The summed E-state index contributed by atoms with van der Waals surface area (Å²) in [5.41, 5.74) is 4.54. The quantitative estimate of drug-likeness (QED) is 0.604. The van der Waals surface area contributed by atoms with Gasteiger partial charge in [-0.15, -0.1) is 0 Å². The average molecular weight is 339 g/mol. The summed E-state index contributed by atoms with van der Waals surface area (Å²) in [4.78, 5) is 0. The van der Waals surface area contributed by atoms with E-state index in [0.29, 0.717) is 28.2 Å². The second kappa shape index (κ2) is 7.92. The first-order chi connectivity index (χ1) is 10.6. The van der Waals surface area contributed by atoms with Gasteiger partial charge in [0.1, 0.15) is 0 Å². The molecule has 0 atom stereocenters. The Morgan fingerprint density at radius 3 is 2.59 bits per heavy atom. The van der Waals surface area contributed by atoms with Crippen LogP contribution in [0.3, 0.4) is 0 Å². The van der Waals surface area contributed by atoms with Crippen molar-refractivity contribution < 1.29 is 9.47 Å². The van der Waals surface area contributed by atoms with Gasteiger partial charge in [0, 0.05) is 0 Å². The molecule has 2 aromatic rings. The fraction of sp³-hybridized carbons (Fsp3) is 0.188. The molecule has 2 aromatic carbocycles. The molecule has 0 saturated heterocycles. The van der Waals surface area contributed by atoms with Crippen molar-refractivity contribution in [2.24, 2.45) is 5.10 Å².